The molecule has 1 aliphatic heterocycles. The number of aryl methyl sites for hydroxylation is 1. The summed E-state index contributed by atoms with van der Waals surface area (Å²) in [4.78, 5) is 14.0. The van der Waals surface area contributed by atoms with Gasteiger partial charge in [-0.1, -0.05) is 0 Å². The van der Waals surface area contributed by atoms with E-state index in [0.29, 0.717) is 6.04 Å². The van der Waals surface area contributed by atoms with Gasteiger partial charge in [0.2, 0.25) is 0 Å². The van der Waals surface area contributed by atoms with E-state index in [4.69, 9.17) is 0 Å². The largest absolute Gasteiger partial charge is 0.370 e. The Bertz CT molecular complexity index is 499. The van der Waals surface area contributed by atoms with Gasteiger partial charge in [-0.25, -0.2) is 5.10 Å². The van der Waals surface area contributed by atoms with Gasteiger partial charge < -0.3 is 4.90 Å². The SMILES string of the molecule is Cc1n[nH]c(=O)c2c1C=CN(C1CCC1)C2. The fraction of sp³-hybridized carbons (Fsp3) is 0.500. The summed E-state index contributed by atoms with van der Waals surface area (Å²) in [6, 6.07) is 0.636. The molecule has 0 amide bonds. The van der Waals surface area contributed by atoms with E-state index < -0.39 is 0 Å². The number of nitrogens with one attached hydrogen (secondary N) is 1. The van der Waals surface area contributed by atoms with Crippen molar-refractivity contribution in [2.75, 3.05) is 0 Å². The average molecular weight is 217 g/mol. The summed E-state index contributed by atoms with van der Waals surface area (Å²) in [5.41, 5.74) is 2.72. The van der Waals surface area contributed by atoms with Gasteiger partial charge in [0, 0.05) is 29.9 Å². The van der Waals surface area contributed by atoms with E-state index in [0.717, 1.165) is 23.4 Å². The molecule has 16 heavy (non-hydrogen) atoms. The van der Waals surface area contributed by atoms with Gasteiger partial charge in [-0.15, -0.1) is 0 Å². The summed E-state index contributed by atoms with van der Waals surface area (Å²) in [6.07, 6.45) is 7.95. The number of rotatable bonds is 1. The first-order valence-corrected chi connectivity index (χ1v) is 5.78. The van der Waals surface area contributed by atoms with E-state index >= 15 is 0 Å². The first-order chi connectivity index (χ1) is 7.75. The van der Waals surface area contributed by atoms with E-state index in [-0.39, 0.29) is 5.56 Å². The van der Waals surface area contributed by atoms with Crippen LogP contribution in [-0.4, -0.2) is 21.1 Å². The summed E-state index contributed by atoms with van der Waals surface area (Å²) in [5, 5.41) is 6.55. The van der Waals surface area contributed by atoms with Crippen LogP contribution < -0.4 is 5.56 Å². The normalized spacial score (nSPS) is 19.4. The number of aromatic amines is 1. The molecule has 3 rings (SSSR count). The molecule has 0 atom stereocenters. The third-order valence-electron chi connectivity index (χ3n) is 3.63. The number of aromatic nitrogens is 2. The molecule has 84 valence electrons. The fourth-order valence-corrected chi connectivity index (χ4v) is 2.36. The minimum atomic E-state index is -0.0470. The van der Waals surface area contributed by atoms with Gasteiger partial charge in [0.25, 0.3) is 5.56 Å². The molecule has 0 aromatic carbocycles. The van der Waals surface area contributed by atoms with Crippen molar-refractivity contribution in [1.82, 2.24) is 15.1 Å². The molecule has 0 unspecified atom stereocenters. The molecule has 1 fully saturated rings. The van der Waals surface area contributed by atoms with E-state index in [1.54, 1.807) is 0 Å². The lowest BCUT2D eigenvalue weighted by molar-refractivity contribution is 0.176. The minimum absolute atomic E-state index is 0.0470. The smallest absolute Gasteiger partial charge is 0.269 e. The van der Waals surface area contributed by atoms with Crippen molar-refractivity contribution in [3.05, 3.63) is 33.4 Å². The Labute approximate surface area is 94.0 Å². The Balaban J connectivity index is 1.99. The lowest BCUT2D eigenvalue weighted by Gasteiger charge is -2.38. The van der Waals surface area contributed by atoms with Gasteiger partial charge in [0.05, 0.1) is 5.69 Å². The molecule has 1 aromatic rings. The monoisotopic (exact) mass is 217 g/mol. The van der Waals surface area contributed by atoms with Crippen LogP contribution in [0.3, 0.4) is 0 Å². The standard InChI is InChI=1S/C12H15N3O/c1-8-10-5-6-15(9-3-2-4-9)7-11(10)12(16)14-13-8/h5-6,9H,2-4,7H2,1H3,(H,14,16). The number of fused-ring (bicyclic) bond motifs is 1. The van der Waals surface area contributed by atoms with Crippen molar-refractivity contribution in [3.63, 3.8) is 0 Å². The lowest BCUT2D eigenvalue weighted by Crippen LogP contribution is -2.39. The maximum atomic E-state index is 11.7. The Kier molecular flexibility index (Phi) is 2.09. The zero-order valence-electron chi connectivity index (χ0n) is 9.36. The Hall–Kier alpha value is -1.58. The van der Waals surface area contributed by atoms with Crippen molar-refractivity contribution in [1.29, 1.82) is 0 Å². The molecule has 0 saturated heterocycles. The van der Waals surface area contributed by atoms with Crippen LogP contribution in [0.2, 0.25) is 0 Å². The Morgan fingerprint density at radius 2 is 2.31 bits per heavy atom. The summed E-state index contributed by atoms with van der Waals surface area (Å²) in [5.74, 6) is 0. The van der Waals surface area contributed by atoms with Crippen LogP contribution in [0.25, 0.3) is 6.08 Å². The van der Waals surface area contributed by atoms with Crippen LogP contribution in [0.1, 0.15) is 36.1 Å². The van der Waals surface area contributed by atoms with Crippen molar-refractivity contribution in [2.24, 2.45) is 0 Å². The maximum absolute atomic E-state index is 11.7. The van der Waals surface area contributed by atoms with Gasteiger partial charge >= 0.3 is 0 Å². The highest BCUT2D eigenvalue weighted by atomic mass is 16.1. The predicted molar refractivity (Wildman–Crippen MR) is 61.8 cm³/mol. The van der Waals surface area contributed by atoms with Crippen LogP contribution in [0.15, 0.2) is 11.0 Å². The molecular weight excluding hydrogens is 202 g/mol. The first kappa shape index (κ1) is 9.63. The van der Waals surface area contributed by atoms with E-state index in [2.05, 4.69) is 21.3 Å². The molecule has 0 radical (unpaired) electrons. The second-order valence-electron chi connectivity index (χ2n) is 4.60. The lowest BCUT2D eigenvalue weighted by atomic mass is 9.90. The highest BCUT2D eigenvalue weighted by Crippen LogP contribution is 2.29. The number of hydrogen-bond donors (Lipinski definition) is 1. The quantitative estimate of drug-likeness (QED) is 0.774. The van der Waals surface area contributed by atoms with E-state index in [9.17, 15) is 4.79 Å². The van der Waals surface area contributed by atoms with Crippen LogP contribution in [0.5, 0.6) is 0 Å². The molecule has 2 aliphatic rings. The zero-order valence-corrected chi connectivity index (χ0v) is 9.36. The van der Waals surface area contributed by atoms with Gasteiger partial charge in [0.1, 0.15) is 0 Å². The molecule has 0 bridgehead atoms. The van der Waals surface area contributed by atoms with Crippen LogP contribution in [0, 0.1) is 6.92 Å². The molecule has 1 N–H and O–H groups in total. The third-order valence-corrected chi connectivity index (χ3v) is 3.63. The highest BCUT2D eigenvalue weighted by molar-refractivity contribution is 5.57. The number of H-pyrrole nitrogens is 1. The molecular formula is C12H15N3O. The number of nitrogens with zero attached hydrogens (tertiary/aromatic N) is 2. The van der Waals surface area contributed by atoms with Crippen LogP contribution in [0.4, 0.5) is 0 Å². The van der Waals surface area contributed by atoms with E-state index in [1.807, 2.05) is 13.0 Å². The molecule has 1 aliphatic carbocycles. The van der Waals surface area contributed by atoms with E-state index in [1.165, 1.54) is 19.3 Å². The Morgan fingerprint density at radius 3 is 3.00 bits per heavy atom. The summed E-state index contributed by atoms with van der Waals surface area (Å²) in [7, 11) is 0. The second kappa shape index (κ2) is 3.47. The second-order valence-corrected chi connectivity index (χ2v) is 4.60. The molecule has 4 nitrogen and oxygen atoms in total. The minimum Gasteiger partial charge on any atom is -0.370 e. The zero-order chi connectivity index (χ0) is 11.1. The molecule has 1 saturated carbocycles. The van der Waals surface area contributed by atoms with Gasteiger partial charge in [0.15, 0.2) is 0 Å². The molecule has 1 aromatic heterocycles. The average Bonchev–Trinajstić information content (AvgIpc) is 2.21. The van der Waals surface area contributed by atoms with Gasteiger partial charge in [-0.05, 0) is 32.3 Å². The maximum Gasteiger partial charge on any atom is 0.269 e. The summed E-state index contributed by atoms with van der Waals surface area (Å²) >= 11 is 0. The Morgan fingerprint density at radius 1 is 1.50 bits per heavy atom. The number of hydrogen-bond acceptors (Lipinski definition) is 3. The molecule has 2 heterocycles. The molecule has 0 spiro atoms. The summed E-state index contributed by atoms with van der Waals surface area (Å²) in [6.45, 7) is 2.66. The predicted octanol–water partition coefficient (Wildman–Crippen LogP) is 1.42. The summed E-state index contributed by atoms with van der Waals surface area (Å²) < 4.78 is 0. The fourth-order valence-electron chi connectivity index (χ4n) is 2.36. The van der Waals surface area contributed by atoms with Gasteiger partial charge in [-0.2, -0.15) is 5.10 Å². The van der Waals surface area contributed by atoms with Gasteiger partial charge in [-0.3, -0.25) is 4.79 Å². The van der Waals surface area contributed by atoms with Crippen molar-refractivity contribution >= 4 is 6.08 Å². The van der Waals surface area contributed by atoms with Crippen molar-refractivity contribution in [3.8, 4) is 0 Å². The third kappa shape index (κ3) is 1.37. The first-order valence-electron chi connectivity index (χ1n) is 5.78. The van der Waals surface area contributed by atoms with Crippen molar-refractivity contribution < 1.29 is 0 Å². The van der Waals surface area contributed by atoms with Crippen LogP contribution in [-0.2, 0) is 6.54 Å². The topological polar surface area (TPSA) is 49.0 Å². The molecule has 4 heteroatoms. The highest BCUT2D eigenvalue weighted by Gasteiger charge is 2.26. The van der Waals surface area contributed by atoms with Crippen molar-refractivity contribution in [2.45, 2.75) is 38.8 Å². The van der Waals surface area contributed by atoms with Crippen LogP contribution >= 0.6 is 0 Å².